The van der Waals surface area contributed by atoms with Crippen molar-refractivity contribution in [3.8, 4) is 0 Å². The molecule has 0 aliphatic carbocycles. The molecule has 0 aromatic heterocycles. The van der Waals surface area contributed by atoms with Gasteiger partial charge in [0.05, 0.1) is 18.2 Å². The molecule has 3 rings (SSSR count). The zero-order valence-electron chi connectivity index (χ0n) is 18.6. The highest BCUT2D eigenvalue weighted by Crippen LogP contribution is 2.31. The maximum absolute atomic E-state index is 12.9. The Balaban J connectivity index is 1.77. The van der Waals surface area contributed by atoms with Gasteiger partial charge in [-0.1, -0.05) is 44.2 Å². The molecule has 2 aromatic carbocycles. The Hall–Kier alpha value is -3.39. The Morgan fingerprint density at radius 1 is 1.06 bits per heavy atom. The molecule has 1 atom stereocenters. The minimum Gasteiger partial charge on any atom is -0.462 e. The maximum Gasteiger partial charge on any atom is 0.338 e. The van der Waals surface area contributed by atoms with Gasteiger partial charge in [-0.2, -0.15) is 0 Å². The van der Waals surface area contributed by atoms with Crippen molar-refractivity contribution in [2.24, 2.45) is 5.92 Å². The smallest absolute Gasteiger partial charge is 0.338 e. The van der Waals surface area contributed by atoms with Crippen LogP contribution in [-0.4, -0.2) is 35.7 Å². The molecule has 7 nitrogen and oxygen atoms in total. The van der Waals surface area contributed by atoms with E-state index in [-0.39, 0.29) is 17.9 Å². The van der Waals surface area contributed by atoms with E-state index >= 15 is 0 Å². The van der Waals surface area contributed by atoms with Crippen LogP contribution in [0.1, 0.15) is 32.4 Å². The van der Waals surface area contributed by atoms with Gasteiger partial charge < -0.3 is 25.6 Å². The molecule has 1 aliphatic rings. The van der Waals surface area contributed by atoms with E-state index in [4.69, 9.17) is 17.0 Å². The second-order valence-corrected chi connectivity index (χ2v) is 8.39. The van der Waals surface area contributed by atoms with Crippen molar-refractivity contribution in [2.75, 3.05) is 24.3 Å². The first-order valence-electron chi connectivity index (χ1n) is 10.4. The SMILES string of the molecule is CC1=C(C(=O)OCC(C)C)C(c2ccc(NC(=O)Nc3ccccc3)cc2)NC(=S)N1C. The molecule has 168 valence electrons. The lowest BCUT2D eigenvalue weighted by molar-refractivity contribution is -0.140. The Morgan fingerprint density at radius 3 is 2.25 bits per heavy atom. The molecule has 2 amide bonds. The summed E-state index contributed by atoms with van der Waals surface area (Å²) in [5.41, 5.74) is 3.43. The van der Waals surface area contributed by atoms with E-state index in [0.717, 1.165) is 11.3 Å². The minimum atomic E-state index is -0.439. The van der Waals surface area contributed by atoms with Crippen molar-refractivity contribution in [3.05, 3.63) is 71.4 Å². The molecule has 0 spiro atoms. The Bertz CT molecular complexity index is 1020. The third-order valence-corrected chi connectivity index (χ3v) is 5.45. The molecule has 0 fully saturated rings. The highest BCUT2D eigenvalue weighted by Gasteiger charge is 2.33. The number of urea groups is 1. The van der Waals surface area contributed by atoms with Crippen LogP contribution in [0.3, 0.4) is 0 Å². The lowest BCUT2D eigenvalue weighted by Crippen LogP contribution is -2.46. The fourth-order valence-electron chi connectivity index (χ4n) is 3.24. The fraction of sp³-hybridized carbons (Fsp3) is 0.292. The number of carbonyl (C=O) groups excluding carboxylic acids is 2. The van der Waals surface area contributed by atoms with Gasteiger partial charge in [-0.05, 0) is 54.9 Å². The lowest BCUT2D eigenvalue weighted by Gasteiger charge is -2.35. The first-order chi connectivity index (χ1) is 15.3. The molecule has 0 radical (unpaired) electrons. The largest absolute Gasteiger partial charge is 0.462 e. The first kappa shape index (κ1) is 23.3. The van der Waals surface area contributed by atoms with Gasteiger partial charge in [0, 0.05) is 24.1 Å². The van der Waals surface area contributed by atoms with E-state index in [9.17, 15) is 9.59 Å². The minimum absolute atomic E-state index is 0.237. The molecule has 32 heavy (non-hydrogen) atoms. The van der Waals surface area contributed by atoms with E-state index in [1.165, 1.54) is 0 Å². The van der Waals surface area contributed by atoms with Crippen LogP contribution in [0.25, 0.3) is 0 Å². The summed E-state index contributed by atoms with van der Waals surface area (Å²) in [6.45, 7) is 6.18. The number of anilines is 2. The van der Waals surface area contributed by atoms with E-state index in [2.05, 4.69) is 16.0 Å². The van der Waals surface area contributed by atoms with Crippen molar-refractivity contribution in [2.45, 2.75) is 26.8 Å². The molecule has 8 heteroatoms. The topological polar surface area (TPSA) is 82.7 Å². The molecular weight excluding hydrogens is 424 g/mol. The first-order valence-corrected chi connectivity index (χ1v) is 10.8. The number of rotatable bonds is 6. The van der Waals surface area contributed by atoms with Gasteiger partial charge in [0.15, 0.2) is 5.11 Å². The zero-order chi connectivity index (χ0) is 23.3. The molecule has 0 bridgehead atoms. The quantitative estimate of drug-likeness (QED) is 0.437. The number of para-hydroxylation sites is 1. The summed E-state index contributed by atoms with van der Waals surface area (Å²) in [6, 6.07) is 15.7. The maximum atomic E-state index is 12.9. The predicted molar refractivity (Wildman–Crippen MR) is 130 cm³/mol. The predicted octanol–water partition coefficient (Wildman–Crippen LogP) is 4.66. The number of esters is 1. The molecule has 1 aliphatic heterocycles. The zero-order valence-corrected chi connectivity index (χ0v) is 19.5. The Kier molecular flexibility index (Phi) is 7.48. The number of carbonyl (C=O) groups is 2. The second kappa shape index (κ2) is 10.3. The van der Waals surface area contributed by atoms with Crippen molar-refractivity contribution in [3.63, 3.8) is 0 Å². The summed E-state index contributed by atoms with van der Waals surface area (Å²) in [7, 11) is 1.81. The average molecular weight is 453 g/mol. The molecule has 1 heterocycles. The molecule has 3 N–H and O–H groups in total. The summed E-state index contributed by atoms with van der Waals surface area (Å²) in [6.07, 6.45) is 0. The van der Waals surface area contributed by atoms with Crippen LogP contribution >= 0.6 is 12.2 Å². The third-order valence-electron chi connectivity index (χ3n) is 5.06. The van der Waals surface area contributed by atoms with Crippen molar-refractivity contribution in [1.29, 1.82) is 0 Å². The fourth-order valence-corrected chi connectivity index (χ4v) is 3.50. The second-order valence-electron chi connectivity index (χ2n) is 8.00. The normalized spacial score (nSPS) is 16.0. The van der Waals surface area contributed by atoms with Gasteiger partial charge in [0.1, 0.15) is 0 Å². The third kappa shape index (κ3) is 5.64. The van der Waals surface area contributed by atoms with Crippen LogP contribution in [0.2, 0.25) is 0 Å². The monoisotopic (exact) mass is 452 g/mol. The van der Waals surface area contributed by atoms with Gasteiger partial charge in [0.25, 0.3) is 0 Å². The molecule has 0 saturated heterocycles. The van der Waals surface area contributed by atoms with Gasteiger partial charge in [-0.3, -0.25) is 0 Å². The van der Waals surface area contributed by atoms with Gasteiger partial charge in [-0.15, -0.1) is 0 Å². The van der Waals surface area contributed by atoms with Crippen molar-refractivity contribution >= 4 is 40.7 Å². The number of ether oxygens (including phenoxy) is 1. The van der Waals surface area contributed by atoms with Crippen LogP contribution in [0.5, 0.6) is 0 Å². The van der Waals surface area contributed by atoms with Gasteiger partial charge in [0.2, 0.25) is 0 Å². The Labute approximate surface area is 193 Å². The highest BCUT2D eigenvalue weighted by atomic mass is 32.1. The van der Waals surface area contributed by atoms with Crippen molar-refractivity contribution in [1.82, 2.24) is 10.2 Å². The summed E-state index contributed by atoms with van der Waals surface area (Å²) in [5, 5.41) is 9.33. The number of nitrogens with one attached hydrogen (secondary N) is 3. The average Bonchev–Trinajstić information content (AvgIpc) is 2.76. The van der Waals surface area contributed by atoms with Crippen molar-refractivity contribution < 1.29 is 14.3 Å². The number of benzene rings is 2. The van der Waals surface area contributed by atoms with E-state index in [0.29, 0.717) is 28.7 Å². The van der Waals surface area contributed by atoms with Crippen LogP contribution in [0, 0.1) is 5.92 Å². The highest BCUT2D eigenvalue weighted by molar-refractivity contribution is 7.80. The molecule has 1 unspecified atom stereocenters. The van der Waals surface area contributed by atoms with Gasteiger partial charge >= 0.3 is 12.0 Å². The summed E-state index contributed by atoms with van der Waals surface area (Å²) in [5.74, 6) is -0.131. The Morgan fingerprint density at radius 2 is 1.66 bits per heavy atom. The van der Waals surface area contributed by atoms with E-state index < -0.39 is 6.04 Å². The molecule has 0 saturated carbocycles. The summed E-state index contributed by atoms with van der Waals surface area (Å²) in [4.78, 5) is 26.9. The number of nitrogens with zero attached hydrogens (tertiary/aromatic N) is 1. The van der Waals surface area contributed by atoms with Crippen LogP contribution in [0.4, 0.5) is 16.2 Å². The van der Waals surface area contributed by atoms with Crippen LogP contribution in [-0.2, 0) is 9.53 Å². The lowest BCUT2D eigenvalue weighted by atomic mass is 9.95. The van der Waals surface area contributed by atoms with Gasteiger partial charge in [-0.25, -0.2) is 9.59 Å². The number of amides is 2. The summed E-state index contributed by atoms with van der Waals surface area (Å²) >= 11 is 5.44. The van der Waals surface area contributed by atoms with Crippen LogP contribution < -0.4 is 16.0 Å². The molecular formula is C24H28N4O3S. The standard InChI is InChI=1S/C24H28N4O3S/c1-15(2)14-31-22(29)20-16(3)28(4)24(32)27-21(20)17-10-12-19(13-11-17)26-23(30)25-18-8-6-5-7-9-18/h5-13,15,21H,14H2,1-4H3,(H,27,32)(H2,25,26,30). The van der Waals surface area contributed by atoms with E-state index in [1.54, 1.807) is 17.0 Å². The number of allylic oxidation sites excluding steroid dienone is 1. The molecule has 2 aromatic rings. The van der Waals surface area contributed by atoms with E-state index in [1.807, 2.05) is 70.3 Å². The number of hydrogen-bond donors (Lipinski definition) is 3. The van der Waals surface area contributed by atoms with Crippen LogP contribution in [0.15, 0.2) is 65.9 Å². The number of hydrogen-bond acceptors (Lipinski definition) is 4. The summed E-state index contributed by atoms with van der Waals surface area (Å²) < 4.78 is 5.51. The number of thiocarbonyl (C=S) groups is 1.